The number of nitrogens with two attached hydrogens (primary N) is 1. The van der Waals surface area contributed by atoms with Crippen LogP contribution in [-0.2, 0) is 0 Å². The van der Waals surface area contributed by atoms with Crippen LogP contribution in [-0.4, -0.2) is 18.3 Å². The first-order valence-corrected chi connectivity index (χ1v) is 5.21. The highest BCUT2D eigenvalue weighted by Crippen LogP contribution is 2.27. The molecule has 0 fully saturated rings. The van der Waals surface area contributed by atoms with Crippen molar-refractivity contribution in [3.8, 4) is 5.75 Å². The van der Waals surface area contributed by atoms with E-state index in [1.807, 2.05) is 13.0 Å². The standard InChI is InChI=1S/C10H14BrNO2/c1-7(5-13)6-14-10-4-8(12)2-3-9(10)11/h2-4,7,13H,5-6,12H2,1H3. The van der Waals surface area contributed by atoms with Gasteiger partial charge in [0.1, 0.15) is 5.75 Å². The molecular weight excluding hydrogens is 246 g/mol. The summed E-state index contributed by atoms with van der Waals surface area (Å²) in [5.74, 6) is 0.841. The third kappa shape index (κ3) is 3.20. The van der Waals surface area contributed by atoms with Crippen LogP contribution in [0.5, 0.6) is 5.75 Å². The predicted molar refractivity (Wildman–Crippen MR) is 60.3 cm³/mol. The monoisotopic (exact) mass is 259 g/mol. The first-order valence-electron chi connectivity index (χ1n) is 4.42. The van der Waals surface area contributed by atoms with Gasteiger partial charge in [0.05, 0.1) is 11.1 Å². The van der Waals surface area contributed by atoms with Gasteiger partial charge in [-0.3, -0.25) is 0 Å². The van der Waals surface area contributed by atoms with Gasteiger partial charge in [0, 0.05) is 24.3 Å². The van der Waals surface area contributed by atoms with E-state index in [0.717, 1.165) is 4.47 Å². The van der Waals surface area contributed by atoms with Crippen molar-refractivity contribution in [1.29, 1.82) is 0 Å². The van der Waals surface area contributed by atoms with Crippen molar-refractivity contribution in [3.63, 3.8) is 0 Å². The molecule has 1 aromatic carbocycles. The Kier molecular flexibility index (Phi) is 4.22. The number of anilines is 1. The lowest BCUT2D eigenvalue weighted by molar-refractivity contribution is 0.174. The maximum absolute atomic E-state index is 8.82. The number of nitrogen functional groups attached to an aromatic ring is 1. The number of rotatable bonds is 4. The molecule has 0 aliphatic heterocycles. The van der Waals surface area contributed by atoms with Crippen LogP contribution in [0.2, 0.25) is 0 Å². The Hall–Kier alpha value is -0.740. The molecule has 1 aromatic rings. The summed E-state index contributed by atoms with van der Waals surface area (Å²) in [5, 5.41) is 8.82. The van der Waals surface area contributed by atoms with E-state index in [9.17, 15) is 0 Å². The summed E-state index contributed by atoms with van der Waals surface area (Å²) in [5.41, 5.74) is 6.28. The van der Waals surface area contributed by atoms with Crippen molar-refractivity contribution < 1.29 is 9.84 Å². The van der Waals surface area contributed by atoms with Crippen LogP contribution >= 0.6 is 15.9 Å². The summed E-state index contributed by atoms with van der Waals surface area (Å²) in [7, 11) is 0. The fourth-order valence-electron chi connectivity index (χ4n) is 0.915. The largest absolute Gasteiger partial charge is 0.492 e. The number of aliphatic hydroxyl groups excluding tert-OH is 1. The predicted octanol–water partition coefficient (Wildman–Crippen LogP) is 2.04. The van der Waals surface area contributed by atoms with Gasteiger partial charge in [-0.05, 0) is 28.1 Å². The van der Waals surface area contributed by atoms with E-state index < -0.39 is 0 Å². The average Bonchev–Trinajstić information content (AvgIpc) is 2.19. The number of aliphatic hydroxyl groups is 1. The fourth-order valence-corrected chi connectivity index (χ4v) is 1.28. The second-order valence-corrected chi connectivity index (χ2v) is 4.14. The van der Waals surface area contributed by atoms with Crippen molar-refractivity contribution in [3.05, 3.63) is 22.7 Å². The molecule has 0 spiro atoms. The Bertz CT molecular complexity index is 304. The quantitative estimate of drug-likeness (QED) is 0.814. The number of ether oxygens (including phenoxy) is 1. The summed E-state index contributed by atoms with van der Waals surface area (Å²) in [4.78, 5) is 0. The first kappa shape index (κ1) is 11.3. The molecule has 3 nitrogen and oxygen atoms in total. The Morgan fingerprint density at radius 1 is 1.57 bits per heavy atom. The van der Waals surface area contributed by atoms with E-state index in [1.54, 1.807) is 12.1 Å². The van der Waals surface area contributed by atoms with Crippen LogP contribution < -0.4 is 10.5 Å². The normalized spacial score (nSPS) is 12.5. The molecular formula is C10H14BrNO2. The summed E-state index contributed by atoms with van der Waals surface area (Å²) in [6, 6.07) is 5.40. The van der Waals surface area contributed by atoms with Gasteiger partial charge in [0.2, 0.25) is 0 Å². The second-order valence-electron chi connectivity index (χ2n) is 3.29. The molecule has 0 aliphatic carbocycles. The summed E-state index contributed by atoms with van der Waals surface area (Å²) in [6.07, 6.45) is 0. The van der Waals surface area contributed by atoms with Crippen LogP contribution in [0.15, 0.2) is 22.7 Å². The number of hydrogen-bond acceptors (Lipinski definition) is 3. The second kappa shape index (κ2) is 5.22. The summed E-state index contributed by atoms with van der Waals surface area (Å²) in [6.45, 7) is 2.53. The topological polar surface area (TPSA) is 55.5 Å². The first-order chi connectivity index (χ1) is 6.63. The van der Waals surface area contributed by atoms with Gasteiger partial charge < -0.3 is 15.6 Å². The van der Waals surface area contributed by atoms with E-state index in [1.165, 1.54) is 0 Å². The molecule has 0 heterocycles. The number of benzene rings is 1. The Morgan fingerprint density at radius 3 is 2.93 bits per heavy atom. The minimum Gasteiger partial charge on any atom is -0.492 e. The van der Waals surface area contributed by atoms with Crippen molar-refractivity contribution in [2.24, 2.45) is 5.92 Å². The minimum atomic E-state index is 0.125. The van der Waals surface area contributed by atoms with Gasteiger partial charge in [-0.1, -0.05) is 6.92 Å². The van der Waals surface area contributed by atoms with Crippen molar-refractivity contribution in [2.45, 2.75) is 6.92 Å². The van der Waals surface area contributed by atoms with Crippen molar-refractivity contribution in [1.82, 2.24) is 0 Å². The molecule has 1 rings (SSSR count). The highest BCUT2D eigenvalue weighted by atomic mass is 79.9. The minimum absolute atomic E-state index is 0.125. The third-order valence-corrected chi connectivity index (χ3v) is 2.45. The highest BCUT2D eigenvalue weighted by molar-refractivity contribution is 9.10. The SMILES string of the molecule is CC(CO)COc1cc(N)ccc1Br. The highest BCUT2D eigenvalue weighted by Gasteiger charge is 2.04. The maximum atomic E-state index is 8.82. The molecule has 0 saturated heterocycles. The zero-order valence-corrected chi connectivity index (χ0v) is 9.62. The van der Waals surface area contributed by atoms with Gasteiger partial charge in [-0.2, -0.15) is 0 Å². The Labute approximate surface area is 92.0 Å². The van der Waals surface area contributed by atoms with Gasteiger partial charge in [-0.15, -0.1) is 0 Å². The lowest BCUT2D eigenvalue weighted by atomic mass is 10.2. The molecule has 0 bridgehead atoms. The van der Waals surface area contributed by atoms with Crippen LogP contribution in [0.4, 0.5) is 5.69 Å². The molecule has 0 amide bonds. The summed E-state index contributed by atoms with van der Waals surface area (Å²) >= 11 is 3.36. The lowest BCUT2D eigenvalue weighted by Gasteiger charge is -2.12. The smallest absolute Gasteiger partial charge is 0.135 e. The third-order valence-electron chi connectivity index (χ3n) is 1.79. The molecule has 0 saturated carbocycles. The van der Waals surface area contributed by atoms with E-state index in [-0.39, 0.29) is 12.5 Å². The van der Waals surface area contributed by atoms with Gasteiger partial charge in [0.15, 0.2) is 0 Å². The molecule has 0 aliphatic rings. The average molecular weight is 260 g/mol. The molecule has 4 heteroatoms. The zero-order valence-electron chi connectivity index (χ0n) is 8.03. The van der Waals surface area contributed by atoms with E-state index in [4.69, 9.17) is 15.6 Å². The number of hydrogen-bond donors (Lipinski definition) is 2. The molecule has 78 valence electrons. The van der Waals surface area contributed by atoms with Crippen molar-refractivity contribution >= 4 is 21.6 Å². The maximum Gasteiger partial charge on any atom is 0.135 e. The van der Waals surface area contributed by atoms with Crippen LogP contribution in [0.1, 0.15) is 6.92 Å². The molecule has 1 unspecified atom stereocenters. The van der Waals surface area contributed by atoms with E-state index >= 15 is 0 Å². The van der Waals surface area contributed by atoms with Crippen LogP contribution in [0, 0.1) is 5.92 Å². The van der Waals surface area contributed by atoms with E-state index in [2.05, 4.69) is 15.9 Å². The Morgan fingerprint density at radius 2 is 2.29 bits per heavy atom. The Balaban J connectivity index is 2.62. The van der Waals surface area contributed by atoms with Gasteiger partial charge in [-0.25, -0.2) is 0 Å². The zero-order chi connectivity index (χ0) is 10.6. The lowest BCUT2D eigenvalue weighted by Crippen LogP contribution is -2.12. The van der Waals surface area contributed by atoms with Crippen molar-refractivity contribution in [2.75, 3.05) is 18.9 Å². The molecule has 3 N–H and O–H groups in total. The molecule has 1 atom stereocenters. The molecule has 14 heavy (non-hydrogen) atoms. The van der Waals surface area contributed by atoms with Gasteiger partial charge in [0.25, 0.3) is 0 Å². The molecule has 0 radical (unpaired) electrons. The molecule has 0 aromatic heterocycles. The van der Waals surface area contributed by atoms with Crippen LogP contribution in [0.25, 0.3) is 0 Å². The van der Waals surface area contributed by atoms with Crippen LogP contribution in [0.3, 0.4) is 0 Å². The summed E-state index contributed by atoms with van der Waals surface area (Å²) < 4.78 is 6.36. The van der Waals surface area contributed by atoms with E-state index in [0.29, 0.717) is 18.0 Å². The number of halogens is 1. The fraction of sp³-hybridized carbons (Fsp3) is 0.400. The van der Waals surface area contributed by atoms with Gasteiger partial charge >= 0.3 is 0 Å².